The minimum atomic E-state index is -0.696. The van der Waals surface area contributed by atoms with Crippen LogP contribution in [0.2, 0.25) is 0 Å². The van der Waals surface area contributed by atoms with Crippen LogP contribution in [0, 0.1) is 0 Å². The van der Waals surface area contributed by atoms with Crippen LogP contribution >= 0.6 is 24.4 Å². The molecule has 2 saturated heterocycles. The molecule has 0 aromatic carbocycles. The van der Waals surface area contributed by atoms with E-state index in [9.17, 15) is 9.59 Å². The zero-order chi connectivity index (χ0) is 14.5. The lowest BCUT2D eigenvalue weighted by atomic mass is 10.2. The first-order chi connectivity index (χ1) is 9.61. The molecule has 0 radical (unpaired) electrons. The van der Waals surface area contributed by atoms with E-state index >= 15 is 0 Å². The Hall–Kier alpha value is -0.960. The van der Waals surface area contributed by atoms with Crippen LogP contribution in [-0.4, -0.2) is 83.9 Å². The van der Waals surface area contributed by atoms with Gasteiger partial charge in [0, 0.05) is 26.2 Å². The Labute approximate surface area is 128 Å². The quantitative estimate of drug-likeness (QED) is 0.507. The predicted molar refractivity (Wildman–Crippen MR) is 80.0 cm³/mol. The van der Waals surface area contributed by atoms with Gasteiger partial charge in [0.25, 0.3) is 11.6 Å². The Balaban J connectivity index is 1.94. The standard InChI is InChI=1S/C12H16N2O4S2/c15-9(11(19)13-1-5-17-6-2-13)10(16)12(20)14-3-7-18-8-4-14/h1-8H2. The SMILES string of the molecule is O=C(C(=O)C(=S)N1CCOCC1)C(=S)N1CCOCC1. The molecular weight excluding hydrogens is 300 g/mol. The van der Waals surface area contributed by atoms with Gasteiger partial charge in [0.15, 0.2) is 9.98 Å². The minimum absolute atomic E-state index is 0.0360. The van der Waals surface area contributed by atoms with E-state index in [-0.39, 0.29) is 9.98 Å². The summed E-state index contributed by atoms with van der Waals surface area (Å²) in [6.45, 7) is 4.16. The van der Waals surface area contributed by atoms with Gasteiger partial charge in [-0.2, -0.15) is 0 Å². The van der Waals surface area contributed by atoms with Crippen molar-refractivity contribution < 1.29 is 19.1 Å². The number of ether oxygens (including phenoxy) is 2. The first kappa shape index (κ1) is 15.4. The summed E-state index contributed by atoms with van der Waals surface area (Å²) in [6, 6.07) is 0. The van der Waals surface area contributed by atoms with Gasteiger partial charge in [-0.15, -0.1) is 0 Å². The van der Waals surface area contributed by atoms with E-state index in [0.717, 1.165) is 0 Å². The number of Topliss-reactive ketones (excluding diaryl/α,β-unsaturated/α-hetero) is 2. The second-order valence-corrected chi connectivity index (χ2v) is 5.24. The van der Waals surface area contributed by atoms with Crippen molar-refractivity contribution in [3.05, 3.63) is 0 Å². The van der Waals surface area contributed by atoms with Crippen molar-refractivity contribution in [3.63, 3.8) is 0 Å². The topological polar surface area (TPSA) is 59.1 Å². The zero-order valence-corrected chi connectivity index (χ0v) is 12.6. The summed E-state index contributed by atoms with van der Waals surface area (Å²) in [6.07, 6.45) is 0. The van der Waals surface area contributed by atoms with E-state index < -0.39 is 11.6 Å². The summed E-state index contributed by atoms with van der Waals surface area (Å²) < 4.78 is 10.4. The molecular formula is C12H16N2O4S2. The molecule has 0 saturated carbocycles. The molecule has 2 fully saturated rings. The van der Waals surface area contributed by atoms with Crippen molar-refractivity contribution in [1.82, 2.24) is 9.80 Å². The summed E-state index contributed by atoms with van der Waals surface area (Å²) in [4.78, 5) is 27.7. The maximum Gasteiger partial charge on any atom is 0.263 e. The third-order valence-electron chi connectivity index (χ3n) is 3.19. The minimum Gasteiger partial charge on any atom is -0.378 e. The fraction of sp³-hybridized carbons (Fsp3) is 0.667. The number of thiocarbonyl (C=S) groups is 2. The van der Waals surface area contributed by atoms with E-state index in [4.69, 9.17) is 33.9 Å². The maximum absolute atomic E-state index is 12.1. The molecule has 6 nitrogen and oxygen atoms in total. The Bertz CT molecular complexity index is 389. The molecule has 2 aliphatic rings. The van der Waals surface area contributed by atoms with Crippen LogP contribution in [0.1, 0.15) is 0 Å². The van der Waals surface area contributed by atoms with Gasteiger partial charge in [0.05, 0.1) is 26.4 Å². The lowest BCUT2D eigenvalue weighted by Crippen LogP contribution is -2.50. The summed E-state index contributed by atoms with van der Waals surface area (Å²) >= 11 is 10.2. The monoisotopic (exact) mass is 316 g/mol. The normalized spacial score (nSPS) is 19.6. The third kappa shape index (κ3) is 3.57. The van der Waals surface area contributed by atoms with E-state index in [2.05, 4.69) is 0 Å². The predicted octanol–water partition coefficient (Wildman–Crippen LogP) is -0.556. The van der Waals surface area contributed by atoms with Gasteiger partial charge in [-0.05, 0) is 0 Å². The van der Waals surface area contributed by atoms with Crippen LogP contribution in [-0.2, 0) is 19.1 Å². The average Bonchev–Trinajstić information content (AvgIpc) is 2.53. The Morgan fingerprint density at radius 1 is 0.700 bits per heavy atom. The molecule has 2 rings (SSSR count). The molecule has 0 atom stereocenters. The Kier molecular flexibility index (Phi) is 5.53. The summed E-state index contributed by atoms with van der Waals surface area (Å²) in [5.74, 6) is -1.39. The highest BCUT2D eigenvalue weighted by Crippen LogP contribution is 2.05. The fourth-order valence-electron chi connectivity index (χ4n) is 2.01. The summed E-state index contributed by atoms with van der Waals surface area (Å²) in [5, 5.41) is 0. The van der Waals surface area contributed by atoms with Crippen LogP contribution in [0.3, 0.4) is 0 Å². The summed E-state index contributed by atoms with van der Waals surface area (Å²) in [5.41, 5.74) is 0. The largest absolute Gasteiger partial charge is 0.378 e. The van der Waals surface area contributed by atoms with Crippen LogP contribution in [0.15, 0.2) is 0 Å². The molecule has 0 N–H and O–H groups in total. The second kappa shape index (κ2) is 7.16. The van der Waals surface area contributed by atoms with Gasteiger partial charge in [-0.1, -0.05) is 24.4 Å². The van der Waals surface area contributed by atoms with Crippen LogP contribution in [0.5, 0.6) is 0 Å². The van der Waals surface area contributed by atoms with E-state index in [1.807, 2.05) is 0 Å². The Morgan fingerprint density at radius 2 is 1.00 bits per heavy atom. The molecule has 0 spiro atoms. The number of ketones is 2. The number of hydrogen-bond acceptors (Lipinski definition) is 6. The number of nitrogens with zero attached hydrogens (tertiary/aromatic N) is 2. The van der Waals surface area contributed by atoms with Crippen molar-refractivity contribution >= 4 is 46.0 Å². The lowest BCUT2D eigenvalue weighted by Gasteiger charge is -2.30. The highest BCUT2D eigenvalue weighted by Gasteiger charge is 2.30. The van der Waals surface area contributed by atoms with Crippen molar-refractivity contribution in [1.29, 1.82) is 0 Å². The van der Waals surface area contributed by atoms with E-state index in [1.54, 1.807) is 9.80 Å². The molecule has 0 unspecified atom stereocenters. The van der Waals surface area contributed by atoms with Crippen molar-refractivity contribution in [2.24, 2.45) is 0 Å². The average molecular weight is 316 g/mol. The molecule has 2 heterocycles. The number of hydrogen-bond donors (Lipinski definition) is 0. The third-order valence-corrected chi connectivity index (χ3v) is 4.08. The van der Waals surface area contributed by atoms with Gasteiger partial charge in [-0.25, -0.2) is 0 Å². The molecule has 20 heavy (non-hydrogen) atoms. The van der Waals surface area contributed by atoms with Crippen molar-refractivity contribution in [2.45, 2.75) is 0 Å². The smallest absolute Gasteiger partial charge is 0.263 e. The van der Waals surface area contributed by atoms with Crippen LogP contribution in [0.25, 0.3) is 0 Å². The van der Waals surface area contributed by atoms with Gasteiger partial charge in [0.1, 0.15) is 0 Å². The van der Waals surface area contributed by atoms with Gasteiger partial charge < -0.3 is 19.3 Å². The number of morpholine rings is 2. The first-order valence-corrected chi connectivity index (χ1v) is 7.25. The van der Waals surface area contributed by atoms with Crippen LogP contribution < -0.4 is 0 Å². The number of rotatable bonds is 3. The Morgan fingerprint density at radius 3 is 1.30 bits per heavy atom. The number of carbonyl (C=O) groups excluding carboxylic acids is 2. The van der Waals surface area contributed by atoms with Gasteiger partial charge >= 0.3 is 0 Å². The van der Waals surface area contributed by atoms with Crippen molar-refractivity contribution in [2.75, 3.05) is 52.6 Å². The second-order valence-electron chi connectivity index (χ2n) is 4.47. The van der Waals surface area contributed by atoms with Gasteiger partial charge in [0.2, 0.25) is 0 Å². The molecule has 110 valence electrons. The maximum atomic E-state index is 12.1. The highest BCUT2D eigenvalue weighted by molar-refractivity contribution is 7.83. The highest BCUT2D eigenvalue weighted by atomic mass is 32.1. The molecule has 0 amide bonds. The van der Waals surface area contributed by atoms with Crippen molar-refractivity contribution in [3.8, 4) is 0 Å². The zero-order valence-electron chi connectivity index (χ0n) is 11.0. The van der Waals surface area contributed by atoms with E-state index in [0.29, 0.717) is 52.6 Å². The molecule has 0 bridgehead atoms. The summed E-state index contributed by atoms with van der Waals surface area (Å²) in [7, 11) is 0. The van der Waals surface area contributed by atoms with E-state index in [1.165, 1.54) is 0 Å². The fourth-order valence-corrected chi connectivity index (χ4v) is 2.56. The van der Waals surface area contributed by atoms with Gasteiger partial charge in [-0.3, -0.25) is 9.59 Å². The molecule has 0 aromatic heterocycles. The number of carbonyl (C=O) groups is 2. The lowest BCUT2D eigenvalue weighted by molar-refractivity contribution is -0.129. The molecule has 0 aromatic rings. The molecule has 8 heteroatoms. The molecule has 0 aliphatic carbocycles. The van der Waals surface area contributed by atoms with Crippen LogP contribution in [0.4, 0.5) is 0 Å². The molecule has 2 aliphatic heterocycles. The first-order valence-electron chi connectivity index (χ1n) is 6.43.